The number of aryl methyl sites for hydroxylation is 1. The Bertz CT molecular complexity index is 1430. The summed E-state index contributed by atoms with van der Waals surface area (Å²) in [6.07, 6.45) is 0.718. The van der Waals surface area contributed by atoms with E-state index < -0.39 is 28.5 Å². The number of carbonyl (C=O) groups is 2. The van der Waals surface area contributed by atoms with Gasteiger partial charge in [-0.2, -0.15) is 0 Å². The fourth-order valence-corrected chi connectivity index (χ4v) is 5.81. The number of ether oxygens (including phenoxy) is 1. The van der Waals surface area contributed by atoms with Crippen molar-refractivity contribution in [3.63, 3.8) is 0 Å². The molecule has 0 aromatic heterocycles. The second kappa shape index (κ2) is 13.9. The number of nitrogens with one attached hydrogen (secondary N) is 1. The first-order chi connectivity index (χ1) is 19.0. The van der Waals surface area contributed by atoms with Crippen LogP contribution in [-0.2, 0) is 26.2 Å². The molecule has 0 aliphatic rings. The molecule has 40 heavy (non-hydrogen) atoms. The van der Waals surface area contributed by atoms with Gasteiger partial charge in [-0.05, 0) is 74.4 Å². The summed E-state index contributed by atoms with van der Waals surface area (Å²) in [6.45, 7) is 5.22. The number of benzene rings is 3. The minimum atomic E-state index is -4.16. The molecule has 0 spiro atoms. The van der Waals surface area contributed by atoms with Gasteiger partial charge in [-0.15, -0.1) is 0 Å². The molecule has 2 amide bonds. The minimum absolute atomic E-state index is 0.0303. The highest BCUT2D eigenvalue weighted by molar-refractivity contribution is 7.92. The van der Waals surface area contributed by atoms with Gasteiger partial charge < -0.3 is 15.0 Å². The van der Waals surface area contributed by atoms with Crippen LogP contribution >= 0.6 is 23.2 Å². The smallest absolute Gasteiger partial charge is 0.264 e. The van der Waals surface area contributed by atoms with Crippen LogP contribution in [0.2, 0.25) is 10.0 Å². The van der Waals surface area contributed by atoms with E-state index in [1.54, 1.807) is 61.5 Å². The molecular weight excluding hydrogens is 573 g/mol. The molecule has 0 unspecified atom stereocenters. The number of methoxy groups -OCH3 is 1. The molecule has 0 bridgehead atoms. The molecule has 0 radical (unpaired) electrons. The molecule has 0 heterocycles. The summed E-state index contributed by atoms with van der Waals surface area (Å²) in [5, 5.41) is 3.55. The van der Waals surface area contributed by atoms with Crippen molar-refractivity contribution in [1.29, 1.82) is 0 Å². The molecule has 3 aromatic carbocycles. The Morgan fingerprint density at radius 1 is 1.00 bits per heavy atom. The standard InChI is InChI=1S/C29H33Cl2N3O5S/c1-5-16-32-29(36)21(3)33(18-22-8-9-23(30)17-27(22)31)28(35)19-34(24-10-12-25(39-4)13-11-24)40(37,38)26-14-6-20(2)7-15-26/h6-15,17,21H,5,16,18-19H2,1-4H3,(H,32,36)/t21-/m0/s1. The molecule has 3 aromatic rings. The van der Waals surface area contributed by atoms with E-state index in [9.17, 15) is 18.0 Å². The van der Waals surface area contributed by atoms with Crippen molar-refractivity contribution in [2.24, 2.45) is 0 Å². The SMILES string of the molecule is CCCNC(=O)[C@H](C)N(Cc1ccc(Cl)cc1Cl)C(=O)CN(c1ccc(OC)cc1)S(=O)(=O)c1ccc(C)cc1. The van der Waals surface area contributed by atoms with E-state index in [2.05, 4.69) is 5.32 Å². The first kappa shape index (κ1) is 31.3. The van der Waals surface area contributed by atoms with Crippen molar-refractivity contribution >= 4 is 50.7 Å². The molecule has 0 saturated heterocycles. The van der Waals surface area contributed by atoms with Gasteiger partial charge in [-0.25, -0.2) is 8.42 Å². The Labute approximate surface area is 245 Å². The zero-order valence-corrected chi connectivity index (χ0v) is 25.2. The molecule has 0 fully saturated rings. The molecule has 0 aliphatic carbocycles. The lowest BCUT2D eigenvalue weighted by Gasteiger charge is -2.32. The third kappa shape index (κ3) is 7.68. The Kier molecular flexibility index (Phi) is 10.8. The van der Waals surface area contributed by atoms with Gasteiger partial charge in [-0.3, -0.25) is 13.9 Å². The summed E-state index contributed by atoms with van der Waals surface area (Å²) in [7, 11) is -2.66. The van der Waals surface area contributed by atoms with E-state index in [1.807, 2.05) is 13.8 Å². The summed E-state index contributed by atoms with van der Waals surface area (Å²) >= 11 is 12.5. The second-order valence-corrected chi connectivity index (χ2v) is 12.0. The van der Waals surface area contributed by atoms with Crippen LogP contribution in [0, 0.1) is 6.92 Å². The third-order valence-corrected chi connectivity index (χ3v) is 8.70. The lowest BCUT2D eigenvalue weighted by molar-refractivity contribution is -0.139. The number of carbonyl (C=O) groups excluding carboxylic acids is 2. The summed E-state index contributed by atoms with van der Waals surface area (Å²) in [6, 6.07) is 16.7. The summed E-state index contributed by atoms with van der Waals surface area (Å²) in [5.74, 6) is -0.419. The van der Waals surface area contributed by atoms with Gasteiger partial charge in [-0.1, -0.05) is 53.9 Å². The van der Waals surface area contributed by atoms with Gasteiger partial charge in [0.2, 0.25) is 11.8 Å². The Balaban J connectivity index is 2.04. The maximum Gasteiger partial charge on any atom is 0.264 e. The molecule has 11 heteroatoms. The first-order valence-corrected chi connectivity index (χ1v) is 14.9. The zero-order chi connectivity index (χ0) is 29.4. The summed E-state index contributed by atoms with van der Waals surface area (Å²) in [4.78, 5) is 28.2. The fourth-order valence-electron chi connectivity index (χ4n) is 3.93. The Hall–Kier alpha value is -3.27. The van der Waals surface area contributed by atoms with E-state index in [-0.39, 0.29) is 23.0 Å². The van der Waals surface area contributed by atoms with E-state index in [0.29, 0.717) is 27.9 Å². The van der Waals surface area contributed by atoms with Crippen molar-refractivity contribution in [1.82, 2.24) is 10.2 Å². The van der Waals surface area contributed by atoms with Crippen molar-refractivity contribution in [3.05, 3.63) is 87.9 Å². The summed E-state index contributed by atoms with van der Waals surface area (Å²) < 4.78 is 34.0. The number of hydrogen-bond acceptors (Lipinski definition) is 5. The molecule has 0 aliphatic heterocycles. The minimum Gasteiger partial charge on any atom is -0.497 e. The van der Waals surface area contributed by atoms with Gasteiger partial charge in [0.15, 0.2) is 0 Å². The van der Waals surface area contributed by atoms with Crippen LogP contribution in [0.1, 0.15) is 31.4 Å². The molecule has 8 nitrogen and oxygen atoms in total. The van der Waals surface area contributed by atoms with Gasteiger partial charge >= 0.3 is 0 Å². The number of sulfonamides is 1. The van der Waals surface area contributed by atoms with E-state index in [4.69, 9.17) is 27.9 Å². The number of amides is 2. The maximum absolute atomic E-state index is 13.9. The van der Waals surface area contributed by atoms with Gasteiger partial charge in [0.05, 0.1) is 17.7 Å². The average Bonchev–Trinajstić information content (AvgIpc) is 2.94. The highest BCUT2D eigenvalue weighted by atomic mass is 35.5. The van der Waals surface area contributed by atoms with Crippen LogP contribution in [0.4, 0.5) is 5.69 Å². The van der Waals surface area contributed by atoms with Crippen LogP contribution in [-0.4, -0.2) is 51.4 Å². The van der Waals surface area contributed by atoms with Crippen LogP contribution < -0.4 is 14.4 Å². The number of anilines is 1. The predicted molar refractivity (Wildman–Crippen MR) is 158 cm³/mol. The molecule has 1 atom stereocenters. The number of hydrogen-bond donors (Lipinski definition) is 1. The second-order valence-electron chi connectivity index (χ2n) is 9.25. The van der Waals surface area contributed by atoms with Gasteiger partial charge in [0.1, 0.15) is 18.3 Å². The normalized spacial score (nSPS) is 11.9. The Morgan fingerprint density at radius 3 is 2.23 bits per heavy atom. The zero-order valence-electron chi connectivity index (χ0n) is 22.9. The van der Waals surface area contributed by atoms with Crippen molar-refractivity contribution in [2.45, 2.75) is 44.7 Å². The highest BCUT2D eigenvalue weighted by Gasteiger charge is 2.32. The number of halogens is 2. The molecular formula is C29H33Cl2N3O5S. The number of rotatable bonds is 12. The topological polar surface area (TPSA) is 96.0 Å². The third-order valence-electron chi connectivity index (χ3n) is 6.32. The van der Waals surface area contributed by atoms with Crippen LogP contribution in [0.5, 0.6) is 5.75 Å². The van der Waals surface area contributed by atoms with Crippen LogP contribution in [0.3, 0.4) is 0 Å². The average molecular weight is 607 g/mol. The van der Waals surface area contributed by atoms with Crippen LogP contribution in [0.15, 0.2) is 71.6 Å². The van der Waals surface area contributed by atoms with Gasteiger partial charge in [0, 0.05) is 23.1 Å². The predicted octanol–water partition coefficient (Wildman–Crippen LogP) is 5.45. The molecule has 3 rings (SSSR count). The van der Waals surface area contributed by atoms with Crippen molar-refractivity contribution in [3.8, 4) is 5.75 Å². The maximum atomic E-state index is 13.9. The van der Waals surface area contributed by atoms with E-state index in [1.165, 1.54) is 24.1 Å². The fraction of sp³-hybridized carbons (Fsp3) is 0.310. The largest absolute Gasteiger partial charge is 0.497 e. The van der Waals surface area contributed by atoms with Crippen LogP contribution in [0.25, 0.3) is 0 Å². The first-order valence-electron chi connectivity index (χ1n) is 12.7. The van der Waals surface area contributed by atoms with Crippen molar-refractivity contribution < 1.29 is 22.7 Å². The Morgan fingerprint density at radius 2 is 1.65 bits per heavy atom. The van der Waals surface area contributed by atoms with E-state index >= 15 is 0 Å². The highest BCUT2D eigenvalue weighted by Crippen LogP contribution is 2.28. The quantitative estimate of drug-likeness (QED) is 0.296. The molecule has 214 valence electrons. The molecule has 1 N–H and O–H groups in total. The number of nitrogens with zero attached hydrogens (tertiary/aromatic N) is 2. The summed E-state index contributed by atoms with van der Waals surface area (Å²) in [5.41, 5.74) is 1.72. The molecule has 0 saturated carbocycles. The van der Waals surface area contributed by atoms with Crippen molar-refractivity contribution in [2.75, 3.05) is 24.5 Å². The van der Waals surface area contributed by atoms with E-state index in [0.717, 1.165) is 16.3 Å². The monoisotopic (exact) mass is 605 g/mol. The lowest BCUT2D eigenvalue weighted by Crippen LogP contribution is -2.51. The van der Waals surface area contributed by atoms with Gasteiger partial charge in [0.25, 0.3) is 10.0 Å². The lowest BCUT2D eigenvalue weighted by atomic mass is 10.1.